The van der Waals surface area contributed by atoms with Gasteiger partial charge in [0.25, 0.3) is 0 Å². The van der Waals surface area contributed by atoms with Gasteiger partial charge in [0.2, 0.25) is 10.0 Å². The van der Waals surface area contributed by atoms with Crippen LogP contribution < -0.4 is 5.73 Å². The summed E-state index contributed by atoms with van der Waals surface area (Å²) in [6, 6.07) is 5.31. The molecule has 12 heteroatoms. The normalized spacial score (nSPS) is 16.4. The minimum absolute atomic E-state index is 0.00115. The van der Waals surface area contributed by atoms with Gasteiger partial charge in [0, 0.05) is 12.1 Å². The van der Waals surface area contributed by atoms with Gasteiger partial charge in [-0.15, -0.1) is 11.3 Å². The molecule has 1 fully saturated rings. The molecule has 1 aliphatic rings. The van der Waals surface area contributed by atoms with Crippen LogP contribution in [0.15, 0.2) is 29.2 Å². The van der Waals surface area contributed by atoms with Crippen LogP contribution in [0, 0.1) is 6.92 Å². The monoisotopic (exact) mass is 496 g/mol. The summed E-state index contributed by atoms with van der Waals surface area (Å²) in [5.74, 6) is -2.34. The predicted molar refractivity (Wildman–Crippen MR) is 119 cm³/mol. The van der Waals surface area contributed by atoms with Crippen molar-refractivity contribution in [1.29, 1.82) is 0 Å². The third-order valence-electron chi connectivity index (χ3n) is 5.26. The summed E-state index contributed by atoms with van der Waals surface area (Å²) in [6.45, 7) is 1.54. The standard InChI is InChI=1S/C21H24N2O8S2/c1-12-6-8-13(9-7-12)33(27,28)23-10-4-5-15(23)19(24)31-11-14-16(20(25)29-2)18(22)32-17(14)21(26)30-3/h6-9,15H,4-5,10-11,22H2,1-3H3. The molecule has 0 spiro atoms. The number of carbonyl (C=O) groups excluding carboxylic acids is 3. The Morgan fingerprint density at radius 1 is 1.12 bits per heavy atom. The molecule has 1 aromatic heterocycles. The molecule has 0 amide bonds. The Bertz CT molecular complexity index is 1170. The smallest absolute Gasteiger partial charge is 0.348 e. The predicted octanol–water partition coefficient (Wildman–Crippen LogP) is 2.11. The van der Waals surface area contributed by atoms with Crippen LogP contribution in [0.25, 0.3) is 0 Å². The van der Waals surface area contributed by atoms with Crippen molar-refractivity contribution in [2.24, 2.45) is 0 Å². The minimum Gasteiger partial charge on any atom is -0.465 e. The first-order valence-electron chi connectivity index (χ1n) is 9.94. The molecule has 1 aromatic carbocycles. The molecule has 33 heavy (non-hydrogen) atoms. The van der Waals surface area contributed by atoms with Crippen molar-refractivity contribution >= 4 is 44.3 Å². The molecule has 1 unspecified atom stereocenters. The van der Waals surface area contributed by atoms with Crippen LogP contribution in [0.1, 0.15) is 44.0 Å². The maximum absolute atomic E-state index is 13.1. The molecule has 2 aromatic rings. The second kappa shape index (κ2) is 9.89. The number of rotatable bonds is 7. The van der Waals surface area contributed by atoms with Gasteiger partial charge in [-0.05, 0) is 31.9 Å². The Labute approximate surface area is 195 Å². The molecular formula is C21H24N2O8S2. The first kappa shape index (κ1) is 24.7. The lowest BCUT2D eigenvalue weighted by Crippen LogP contribution is -2.41. The van der Waals surface area contributed by atoms with E-state index in [0.29, 0.717) is 6.42 Å². The van der Waals surface area contributed by atoms with E-state index < -0.39 is 40.6 Å². The highest BCUT2D eigenvalue weighted by Crippen LogP contribution is 2.34. The number of hydrogen-bond acceptors (Lipinski definition) is 10. The molecule has 1 saturated heterocycles. The number of carbonyl (C=O) groups is 3. The van der Waals surface area contributed by atoms with E-state index in [1.807, 2.05) is 6.92 Å². The Morgan fingerprint density at radius 3 is 2.36 bits per heavy atom. The first-order chi connectivity index (χ1) is 15.6. The van der Waals surface area contributed by atoms with E-state index in [1.54, 1.807) is 12.1 Å². The lowest BCUT2D eigenvalue weighted by atomic mass is 10.1. The molecular weight excluding hydrogens is 472 g/mol. The number of esters is 3. The SMILES string of the molecule is COC(=O)c1sc(N)c(C(=O)OC)c1COC(=O)C1CCCN1S(=O)(=O)c1ccc(C)cc1. The Morgan fingerprint density at radius 2 is 1.76 bits per heavy atom. The molecule has 1 atom stereocenters. The average Bonchev–Trinajstić information content (AvgIpc) is 3.42. The number of aryl methyl sites for hydroxylation is 1. The van der Waals surface area contributed by atoms with Crippen molar-refractivity contribution < 1.29 is 37.0 Å². The number of nitrogen functional groups attached to an aromatic ring is 1. The van der Waals surface area contributed by atoms with Crippen LogP contribution in [0.2, 0.25) is 0 Å². The van der Waals surface area contributed by atoms with Crippen molar-refractivity contribution in [3.8, 4) is 0 Å². The van der Waals surface area contributed by atoms with Gasteiger partial charge in [0.1, 0.15) is 28.1 Å². The number of methoxy groups -OCH3 is 2. The Balaban J connectivity index is 1.84. The summed E-state index contributed by atoms with van der Waals surface area (Å²) in [5.41, 5.74) is 6.74. The summed E-state index contributed by atoms with van der Waals surface area (Å²) in [4.78, 5) is 37.3. The van der Waals surface area contributed by atoms with Gasteiger partial charge < -0.3 is 19.9 Å². The van der Waals surface area contributed by atoms with Gasteiger partial charge in [-0.25, -0.2) is 18.0 Å². The number of sulfonamides is 1. The lowest BCUT2D eigenvalue weighted by Gasteiger charge is -2.23. The van der Waals surface area contributed by atoms with Crippen molar-refractivity contribution in [2.45, 2.75) is 37.3 Å². The average molecular weight is 497 g/mol. The van der Waals surface area contributed by atoms with Crippen molar-refractivity contribution in [2.75, 3.05) is 26.5 Å². The summed E-state index contributed by atoms with van der Waals surface area (Å²) >= 11 is 0.809. The molecule has 3 rings (SSSR count). The van der Waals surface area contributed by atoms with E-state index in [4.69, 9.17) is 19.9 Å². The summed E-state index contributed by atoms with van der Waals surface area (Å²) in [6.07, 6.45) is 0.764. The largest absolute Gasteiger partial charge is 0.465 e. The number of thiophene rings is 1. The number of anilines is 1. The van der Waals surface area contributed by atoms with Crippen LogP contribution in [0.5, 0.6) is 0 Å². The number of benzene rings is 1. The maximum Gasteiger partial charge on any atom is 0.348 e. The Hall–Kier alpha value is -2.96. The van der Waals surface area contributed by atoms with Gasteiger partial charge in [0.15, 0.2) is 0 Å². The Kier molecular flexibility index (Phi) is 7.40. The summed E-state index contributed by atoms with van der Waals surface area (Å²) < 4.78 is 42.1. The molecule has 0 aliphatic carbocycles. The zero-order valence-electron chi connectivity index (χ0n) is 18.3. The molecule has 0 radical (unpaired) electrons. The molecule has 178 valence electrons. The van der Waals surface area contributed by atoms with Crippen LogP contribution in [-0.2, 0) is 35.6 Å². The molecule has 2 heterocycles. The second-order valence-electron chi connectivity index (χ2n) is 7.33. The quantitative estimate of drug-likeness (QED) is 0.450. The van der Waals surface area contributed by atoms with Crippen molar-refractivity contribution in [3.05, 3.63) is 45.8 Å². The minimum atomic E-state index is -3.91. The molecule has 0 bridgehead atoms. The van der Waals surface area contributed by atoms with Crippen LogP contribution in [-0.4, -0.2) is 57.4 Å². The fraction of sp³-hybridized carbons (Fsp3) is 0.381. The number of ether oxygens (including phenoxy) is 3. The lowest BCUT2D eigenvalue weighted by molar-refractivity contribution is -0.148. The van der Waals surface area contributed by atoms with E-state index in [0.717, 1.165) is 35.4 Å². The summed E-state index contributed by atoms with van der Waals surface area (Å²) in [7, 11) is -1.60. The fourth-order valence-corrected chi connectivity index (χ4v) is 6.18. The maximum atomic E-state index is 13.1. The number of nitrogens with zero attached hydrogens (tertiary/aromatic N) is 1. The van der Waals surface area contributed by atoms with Crippen LogP contribution in [0.3, 0.4) is 0 Å². The van der Waals surface area contributed by atoms with Gasteiger partial charge >= 0.3 is 17.9 Å². The zero-order valence-corrected chi connectivity index (χ0v) is 20.0. The van der Waals surface area contributed by atoms with Crippen LogP contribution in [0.4, 0.5) is 5.00 Å². The highest BCUT2D eigenvalue weighted by Gasteiger charge is 2.40. The summed E-state index contributed by atoms with van der Waals surface area (Å²) in [5, 5.41) is 0.0118. The third-order valence-corrected chi connectivity index (χ3v) is 8.22. The number of hydrogen-bond donors (Lipinski definition) is 1. The highest BCUT2D eigenvalue weighted by atomic mass is 32.2. The van der Waals surface area contributed by atoms with E-state index in [-0.39, 0.29) is 38.9 Å². The first-order valence-corrected chi connectivity index (χ1v) is 12.2. The molecule has 10 nitrogen and oxygen atoms in total. The number of nitrogens with two attached hydrogens (primary N) is 1. The molecule has 1 aliphatic heterocycles. The van der Waals surface area contributed by atoms with Crippen molar-refractivity contribution in [1.82, 2.24) is 4.31 Å². The fourth-order valence-electron chi connectivity index (χ4n) is 3.55. The molecule has 0 saturated carbocycles. The van der Waals surface area contributed by atoms with Gasteiger partial charge in [-0.3, -0.25) is 4.79 Å². The van der Waals surface area contributed by atoms with E-state index in [2.05, 4.69) is 0 Å². The highest BCUT2D eigenvalue weighted by molar-refractivity contribution is 7.89. The topological polar surface area (TPSA) is 142 Å². The van der Waals surface area contributed by atoms with E-state index in [9.17, 15) is 22.8 Å². The third kappa shape index (κ3) is 4.87. The van der Waals surface area contributed by atoms with Crippen molar-refractivity contribution in [3.63, 3.8) is 0 Å². The second-order valence-corrected chi connectivity index (χ2v) is 10.3. The van der Waals surface area contributed by atoms with E-state index in [1.165, 1.54) is 12.1 Å². The zero-order chi connectivity index (χ0) is 24.3. The van der Waals surface area contributed by atoms with Crippen LogP contribution >= 0.6 is 11.3 Å². The van der Waals surface area contributed by atoms with E-state index >= 15 is 0 Å². The van der Waals surface area contributed by atoms with Gasteiger partial charge in [0.05, 0.1) is 19.1 Å². The van der Waals surface area contributed by atoms with Gasteiger partial charge in [-0.1, -0.05) is 17.7 Å². The molecule has 2 N–H and O–H groups in total. The van der Waals surface area contributed by atoms with Gasteiger partial charge in [-0.2, -0.15) is 4.31 Å².